The van der Waals surface area contributed by atoms with Gasteiger partial charge in [0.25, 0.3) is 0 Å². The summed E-state index contributed by atoms with van der Waals surface area (Å²) in [5.74, 6) is 1.56. The van der Waals surface area contributed by atoms with Gasteiger partial charge in [0, 0.05) is 18.1 Å². The second kappa shape index (κ2) is 7.06. The van der Waals surface area contributed by atoms with Crippen LogP contribution in [0.3, 0.4) is 0 Å². The average molecular weight is 348 g/mol. The van der Waals surface area contributed by atoms with E-state index in [2.05, 4.69) is 30.8 Å². The molecule has 4 rings (SSSR count). The van der Waals surface area contributed by atoms with Gasteiger partial charge in [-0.25, -0.2) is 9.78 Å². The van der Waals surface area contributed by atoms with Crippen molar-refractivity contribution < 1.29 is 9.21 Å². The number of aromatic amines is 1. The van der Waals surface area contributed by atoms with Gasteiger partial charge in [-0.3, -0.25) is 10.1 Å². The van der Waals surface area contributed by atoms with E-state index in [0.717, 1.165) is 16.5 Å². The molecule has 3 heterocycles. The largest absolute Gasteiger partial charge is 0.461 e. The Hall–Kier alpha value is -3.68. The molecule has 1 aromatic carbocycles. The molecular weight excluding hydrogens is 332 g/mol. The van der Waals surface area contributed by atoms with Crippen molar-refractivity contribution in [2.24, 2.45) is 0 Å². The van der Waals surface area contributed by atoms with Crippen LogP contribution in [0.25, 0.3) is 22.5 Å². The summed E-state index contributed by atoms with van der Waals surface area (Å²) in [6.07, 6.45) is 3.30. The maximum absolute atomic E-state index is 12.0. The maximum Gasteiger partial charge on any atom is 0.315 e. The van der Waals surface area contributed by atoms with E-state index in [9.17, 15) is 4.79 Å². The summed E-state index contributed by atoms with van der Waals surface area (Å²) in [6, 6.07) is 13.0. The molecule has 0 bridgehead atoms. The molecule has 26 heavy (non-hydrogen) atoms. The number of nitrogens with one attached hydrogen (secondary N) is 3. The number of pyridine rings is 1. The molecule has 0 unspecified atom stereocenters. The maximum atomic E-state index is 12.0. The van der Waals surface area contributed by atoms with Crippen molar-refractivity contribution in [2.75, 3.05) is 0 Å². The Balaban J connectivity index is 1.33. The first-order valence-electron chi connectivity index (χ1n) is 8.09. The van der Waals surface area contributed by atoms with E-state index in [1.54, 1.807) is 24.6 Å². The normalized spacial score (nSPS) is 10.8. The number of carbonyl (C=O) groups excluding carboxylic acids is 1. The predicted molar refractivity (Wildman–Crippen MR) is 94.9 cm³/mol. The van der Waals surface area contributed by atoms with Gasteiger partial charge < -0.3 is 15.1 Å². The molecule has 0 aliphatic heterocycles. The average Bonchev–Trinajstić information content (AvgIpc) is 3.36. The van der Waals surface area contributed by atoms with Crippen LogP contribution in [0.1, 0.15) is 11.4 Å². The number of fused-ring (bicyclic) bond motifs is 1. The summed E-state index contributed by atoms with van der Waals surface area (Å²) >= 11 is 0. The van der Waals surface area contributed by atoms with E-state index in [1.807, 2.05) is 30.3 Å². The van der Waals surface area contributed by atoms with Crippen LogP contribution in [0.5, 0.6) is 0 Å². The molecule has 0 fully saturated rings. The fourth-order valence-corrected chi connectivity index (χ4v) is 2.60. The number of urea groups is 1. The van der Waals surface area contributed by atoms with E-state index in [0.29, 0.717) is 24.0 Å². The standard InChI is InChI=1S/C18H16N6O2/c25-18(20-10-13-5-1-4-12-6-2-8-19-16(12)13)21-11-15-22-17(24-23-15)14-7-3-9-26-14/h1-9H,10-11H2,(H2,20,21,25)(H,22,23,24). The van der Waals surface area contributed by atoms with Gasteiger partial charge >= 0.3 is 6.03 Å². The van der Waals surface area contributed by atoms with Gasteiger partial charge in [-0.05, 0) is 23.8 Å². The molecular formula is C18H16N6O2. The highest BCUT2D eigenvalue weighted by molar-refractivity contribution is 5.82. The number of H-pyrrole nitrogens is 1. The number of amides is 2. The number of furan rings is 1. The lowest BCUT2D eigenvalue weighted by Gasteiger charge is -2.08. The van der Waals surface area contributed by atoms with Crippen LogP contribution in [0.15, 0.2) is 59.3 Å². The third-order valence-electron chi connectivity index (χ3n) is 3.85. The first kappa shape index (κ1) is 15.8. The summed E-state index contributed by atoms with van der Waals surface area (Å²) in [5.41, 5.74) is 1.84. The number of rotatable bonds is 5. The quantitative estimate of drug-likeness (QED) is 0.514. The number of carbonyl (C=O) groups is 1. The highest BCUT2D eigenvalue weighted by Crippen LogP contribution is 2.16. The van der Waals surface area contributed by atoms with Gasteiger partial charge in [0.2, 0.25) is 5.82 Å². The lowest BCUT2D eigenvalue weighted by molar-refractivity contribution is 0.240. The number of hydrogen-bond acceptors (Lipinski definition) is 5. The minimum atomic E-state index is -0.297. The smallest absolute Gasteiger partial charge is 0.315 e. The van der Waals surface area contributed by atoms with Crippen molar-refractivity contribution >= 4 is 16.9 Å². The number of hydrogen-bond donors (Lipinski definition) is 3. The number of benzene rings is 1. The van der Waals surface area contributed by atoms with Gasteiger partial charge in [0.05, 0.1) is 18.3 Å². The topological polar surface area (TPSA) is 109 Å². The van der Waals surface area contributed by atoms with Gasteiger partial charge in [0.1, 0.15) is 5.82 Å². The zero-order chi connectivity index (χ0) is 17.8. The van der Waals surface area contributed by atoms with Crippen molar-refractivity contribution in [3.05, 3.63) is 66.3 Å². The fourth-order valence-electron chi connectivity index (χ4n) is 2.60. The van der Waals surface area contributed by atoms with Crippen LogP contribution in [0, 0.1) is 0 Å². The van der Waals surface area contributed by atoms with E-state index >= 15 is 0 Å². The second-order valence-electron chi connectivity index (χ2n) is 5.61. The van der Waals surface area contributed by atoms with Crippen molar-refractivity contribution in [3.8, 4) is 11.6 Å². The molecule has 0 aliphatic rings. The molecule has 130 valence electrons. The number of para-hydroxylation sites is 1. The van der Waals surface area contributed by atoms with Gasteiger partial charge in [0.15, 0.2) is 5.76 Å². The fraction of sp³-hybridized carbons (Fsp3) is 0.111. The van der Waals surface area contributed by atoms with Crippen LogP contribution in [0.4, 0.5) is 4.79 Å². The van der Waals surface area contributed by atoms with Crippen molar-refractivity contribution in [2.45, 2.75) is 13.1 Å². The third-order valence-corrected chi connectivity index (χ3v) is 3.85. The van der Waals surface area contributed by atoms with Crippen molar-refractivity contribution in [1.29, 1.82) is 0 Å². The monoisotopic (exact) mass is 348 g/mol. The first-order valence-corrected chi connectivity index (χ1v) is 8.09. The Kier molecular flexibility index (Phi) is 4.29. The summed E-state index contributed by atoms with van der Waals surface area (Å²) in [5, 5.41) is 13.4. The van der Waals surface area contributed by atoms with Crippen LogP contribution < -0.4 is 10.6 Å². The first-order chi connectivity index (χ1) is 12.8. The number of aromatic nitrogens is 4. The summed E-state index contributed by atoms with van der Waals surface area (Å²) in [6.45, 7) is 0.613. The Labute approximate surface area is 148 Å². The molecule has 3 aromatic heterocycles. The zero-order valence-electron chi connectivity index (χ0n) is 13.8. The lowest BCUT2D eigenvalue weighted by Crippen LogP contribution is -2.34. The summed E-state index contributed by atoms with van der Waals surface area (Å²) in [4.78, 5) is 20.7. The SMILES string of the molecule is O=C(NCc1nc(-c2ccco2)n[nH]1)NCc1cccc2cccnc12. The third kappa shape index (κ3) is 3.39. The molecule has 4 aromatic rings. The molecule has 8 heteroatoms. The van der Waals surface area contributed by atoms with Crippen LogP contribution >= 0.6 is 0 Å². The minimum absolute atomic E-state index is 0.229. The Bertz CT molecular complexity index is 1020. The lowest BCUT2D eigenvalue weighted by atomic mass is 10.1. The van der Waals surface area contributed by atoms with Gasteiger partial charge in [-0.15, -0.1) is 5.10 Å². The van der Waals surface area contributed by atoms with Crippen LogP contribution in [-0.2, 0) is 13.1 Å². The minimum Gasteiger partial charge on any atom is -0.461 e. The van der Waals surface area contributed by atoms with E-state index in [-0.39, 0.29) is 12.6 Å². The highest BCUT2D eigenvalue weighted by Gasteiger charge is 2.09. The van der Waals surface area contributed by atoms with Gasteiger partial charge in [-0.2, -0.15) is 0 Å². The zero-order valence-corrected chi connectivity index (χ0v) is 13.8. The Morgan fingerprint density at radius 2 is 1.96 bits per heavy atom. The number of nitrogens with zero attached hydrogens (tertiary/aromatic N) is 3. The Morgan fingerprint density at radius 1 is 1.08 bits per heavy atom. The van der Waals surface area contributed by atoms with Gasteiger partial charge in [-0.1, -0.05) is 24.3 Å². The molecule has 0 spiro atoms. The van der Waals surface area contributed by atoms with E-state index < -0.39 is 0 Å². The molecule has 0 radical (unpaired) electrons. The Morgan fingerprint density at radius 3 is 2.85 bits per heavy atom. The molecule has 8 nitrogen and oxygen atoms in total. The molecule has 3 N–H and O–H groups in total. The molecule has 0 aliphatic carbocycles. The van der Waals surface area contributed by atoms with E-state index in [4.69, 9.17) is 4.42 Å². The second-order valence-corrected chi connectivity index (χ2v) is 5.61. The van der Waals surface area contributed by atoms with Crippen LogP contribution in [-0.4, -0.2) is 26.2 Å². The summed E-state index contributed by atoms with van der Waals surface area (Å²) in [7, 11) is 0. The molecule has 0 saturated carbocycles. The van der Waals surface area contributed by atoms with Crippen molar-refractivity contribution in [3.63, 3.8) is 0 Å². The predicted octanol–water partition coefficient (Wildman–Crippen LogP) is 2.61. The molecule has 0 saturated heterocycles. The molecule has 0 atom stereocenters. The van der Waals surface area contributed by atoms with Crippen molar-refractivity contribution in [1.82, 2.24) is 30.8 Å². The molecule has 2 amide bonds. The highest BCUT2D eigenvalue weighted by atomic mass is 16.3. The van der Waals surface area contributed by atoms with E-state index in [1.165, 1.54) is 0 Å². The summed E-state index contributed by atoms with van der Waals surface area (Å²) < 4.78 is 5.23. The van der Waals surface area contributed by atoms with Crippen LogP contribution in [0.2, 0.25) is 0 Å².